The number of carbonyl (C=O) groups excluding carboxylic acids is 1. The average molecular weight is 289 g/mol. The first-order chi connectivity index (χ1) is 7.08. The maximum absolute atomic E-state index is 11.2. The van der Waals surface area contributed by atoms with Gasteiger partial charge in [-0.1, -0.05) is 13.8 Å². The summed E-state index contributed by atoms with van der Waals surface area (Å²) in [6, 6.07) is 3.88. The van der Waals surface area contributed by atoms with E-state index in [2.05, 4.69) is 26.5 Å². The normalized spacial score (nSPS) is 11.2. The number of nitrogens with zero attached hydrogens (tertiary/aromatic N) is 1. The predicted molar refractivity (Wildman–Crippen MR) is 67.2 cm³/mol. The van der Waals surface area contributed by atoms with Gasteiger partial charge in [0.1, 0.15) is 0 Å². The SMILES string of the molecule is CC(C)CC(=O)N/N=C/c1ccc(Br)s1. The highest BCUT2D eigenvalue weighted by molar-refractivity contribution is 9.11. The summed E-state index contributed by atoms with van der Waals surface area (Å²) in [5, 5.41) is 3.87. The van der Waals surface area contributed by atoms with Crippen LogP contribution in [0.4, 0.5) is 0 Å². The smallest absolute Gasteiger partial charge is 0.240 e. The highest BCUT2D eigenvalue weighted by Gasteiger charge is 2.02. The molecule has 0 atom stereocenters. The Hall–Kier alpha value is -0.680. The number of carbonyl (C=O) groups is 1. The maximum Gasteiger partial charge on any atom is 0.240 e. The summed E-state index contributed by atoms with van der Waals surface area (Å²) in [5.41, 5.74) is 2.49. The zero-order valence-electron chi connectivity index (χ0n) is 8.66. The number of hydrogen-bond donors (Lipinski definition) is 1. The van der Waals surface area contributed by atoms with Gasteiger partial charge in [0.05, 0.1) is 10.0 Å². The summed E-state index contributed by atoms with van der Waals surface area (Å²) in [7, 11) is 0. The summed E-state index contributed by atoms with van der Waals surface area (Å²) in [6.07, 6.45) is 2.15. The van der Waals surface area contributed by atoms with Gasteiger partial charge in [0, 0.05) is 11.3 Å². The van der Waals surface area contributed by atoms with E-state index in [1.807, 2.05) is 26.0 Å². The fourth-order valence-corrected chi connectivity index (χ4v) is 2.28. The Labute approximate surface area is 102 Å². The van der Waals surface area contributed by atoms with Crippen LogP contribution in [0.1, 0.15) is 25.1 Å². The van der Waals surface area contributed by atoms with Gasteiger partial charge in [-0.05, 0) is 34.0 Å². The van der Waals surface area contributed by atoms with Crippen LogP contribution in [0.2, 0.25) is 0 Å². The molecular formula is C10H13BrN2OS. The van der Waals surface area contributed by atoms with E-state index < -0.39 is 0 Å². The van der Waals surface area contributed by atoms with Crippen LogP contribution in [0.15, 0.2) is 21.0 Å². The molecule has 1 amide bonds. The second kappa shape index (κ2) is 6.02. The minimum Gasteiger partial charge on any atom is -0.273 e. The molecule has 1 N–H and O–H groups in total. The van der Waals surface area contributed by atoms with Gasteiger partial charge in [-0.25, -0.2) is 5.43 Å². The van der Waals surface area contributed by atoms with Crippen LogP contribution >= 0.6 is 27.3 Å². The van der Waals surface area contributed by atoms with Gasteiger partial charge in [0.25, 0.3) is 0 Å². The monoisotopic (exact) mass is 288 g/mol. The maximum atomic E-state index is 11.2. The third-order valence-corrected chi connectivity index (χ3v) is 3.13. The highest BCUT2D eigenvalue weighted by Crippen LogP contribution is 2.20. The van der Waals surface area contributed by atoms with E-state index in [9.17, 15) is 4.79 Å². The summed E-state index contributed by atoms with van der Waals surface area (Å²) < 4.78 is 1.05. The fraction of sp³-hybridized carbons (Fsp3) is 0.400. The van der Waals surface area contributed by atoms with Crippen molar-refractivity contribution < 1.29 is 4.79 Å². The van der Waals surface area contributed by atoms with Gasteiger partial charge in [0.15, 0.2) is 0 Å². The van der Waals surface area contributed by atoms with Gasteiger partial charge >= 0.3 is 0 Å². The van der Waals surface area contributed by atoms with E-state index in [1.54, 1.807) is 17.6 Å². The third-order valence-electron chi connectivity index (χ3n) is 1.57. The molecule has 0 spiro atoms. The first kappa shape index (κ1) is 12.4. The van der Waals surface area contributed by atoms with Crippen molar-refractivity contribution in [1.29, 1.82) is 0 Å². The van der Waals surface area contributed by atoms with Crippen LogP contribution in [0.3, 0.4) is 0 Å². The van der Waals surface area contributed by atoms with Gasteiger partial charge < -0.3 is 0 Å². The van der Waals surface area contributed by atoms with Crippen LogP contribution < -0.4 is 5.43 Å². The van der Waals surface area contributed by atoms with Crippen LogP contribution in [0, 0.1) is 5.92 Å². The number of amides is 1. The number of thiophene rings is 1. The zero-order chi connectivity index (χ0) is 11.3. The first-order valence-corrected chi connectivity index (χ1v) is 6.26. The topological polar surface area (TPSA) is 41.5 Å². The number of nitrogens with one attached hydrogen (secondary N) is 1. The van der Waals surface area contributed by atoms with E-state index in [-0.39, 0.29) is 5.91 Å². The Morgan fingerprint density at radius 1 is 1.67 bits per heavy atom. The van der Waals surface area contributed by atoms with Gasteiger partial charge in [-0.3, -0.25) is 4.79 Å². The molecule has 0 aromatic carbocycles. The lowest BCUT2D eigenvalue weighted by molar-refractivity contribution is -0.121. The van der Waals surface area contributed by atoms with Crippen molar-refractivity contribution >= 4 is 39.4 Å². The molecule has 5 heteroatoms. The van der Waals surface area contributed by atoms with Crippen molar-refractivity contribution in [2.45, 2.75) is 20.3 Å². The lowest BCUT2D eigenvalue weighted by Crippen LogP contribution is -2.18. The van der Waals surface area contributed by atoms with Gasteiger partial charge in [-0.15, -0.1) is 11.3 Å². The van der Waals surface area contributed by atoms with Crippen LogP contribution in [0.5, 0.6) is 0 Å². The molecule has 1 rings (SSSR count). The van der Waals surface area contributed by atoms with E-state index >= 15 is 0 Å². The average Bonchev–Trinajstić information content (AvgIpc) is 2.50. The summed E-state index contributed by atoms with van der Waals surface area (Å²) in [6.45, 7) is 4.00. The van der Waals surface area contributed by atoms with Gasteiger partial charge in [0.2, 0.25) is 5.91 Å². The Morgan fingerprint density at radius 2 is 2.40 bits per heavy atom. The van der Waals surface area contributed by atoms with Crippen molar-refractivity contribution in [3.63, 3.8) is 0 Å². The van der Waals surface area contributed by atoms with Crippen molar-refractivity contribution in [2.24, 2.45) is 11.0 Å². The Balaban J connectivity index is 2.36. The molecule has 0 fully saturated rings. The molecule has 82 valence electrons. The molecule has 0 bridgehead atoms. The number of rotatable bonds is 4. The molecule has 3 nitrogen and oxygen atoms in total. The van der Waals surface area contributed by atoms with Crippen molar-refractivity contribution in [3.05, 3.63) is 20.8 Å². The molecule has 1 heterocycles. The Kier molecular flexibility index (Phi) is 4.98. The van der Waals surface area contributed by atoms with E-state index in [0.717, 1.165) is 8.66 Å². The minimum absolute atomic E-state index is 0.0446. The van der Waals surface area contributed by atoms with E-state index in [4.69, 9.17) is 0 Å². The van der Waals surface area contributed by atoms with Crippen LogP contribution in [0.25, 0.3) is 0 Å². The molecule has 0 aliphatic carbocycles. The van der Waals surface area contributed by atoms with Crippen molar-refractivity contribution in [3.8, 4) is 0 Å². The molecule has 1 aromatic heterocycles. The Bertz CT molecular complexity index is 360. The molecular weight excluding hydrogens is 276 g/mol. The summed E-state index contributed by atoms with van der Waals surface area (Å²) >= 11 is 4.92. The second-order valence-corrected chi connectivity index (χ2v) is 6.03. The highest BCUT2D eigenvalue weighted by atomic mass is 79.9. The molecule has 0 aliphatic heterocycles. The molecule has 1 aromatic rings. The molecule has 15 heavy (non-hydrogen) atoms. The van der Waals surface area contributed by atoms with Crippen molar-refractivity contribution in [2.75, 3.05) is 0 Å². The fourth-order valence-electron chi connectivity index (χ4n) is 0.982. The summed E-state index contributed by atoms with van der Waals surface area (Å²) in [4.78, 5) is 12.2. The standard InChI is InChI=1S/C10H13BrN2OS/c1-7(2)5-10(14)13-12-6-8-3-4-9(11)15-8/h3-4,6-7H,5H2,1-2H3,(H,13,14)/b12-6+. The molecule has 0 saturated carbocycles. The van der Waals surface area contributed by atoms with E-state index in [1.165, 1.54) is 0 Å². The molecule has 0 unspecified atom stereocenters. The van der Waals surface area contributed by atoms with Crippen LogP contribution in [-0.4, -0.2) is 12.1 Å². The Morgan fingerprint density at radius 3 is 2.93 bits per heavy atom. The number of hydrogen-bond acceptors (Lipinski definition) is 3. The predicted octanol–water partition coefficient (Wildman–Crippen LogP) is 3.01. The van der Waals surface area contributed by atoms with Crippen LogP contribution in [-0.2, 0) is 4.79 Å². The zero-order valence-corrected chi connectivity index (χ0v) is 11.1. The van der Waals surface area contributed by atoms with Gasteiger partial charge in [-0.2, -0.15) is 5.10 Å². The second-order valence-electron chi connectivity index (χ2n) is 3.53. The number of hydrazone groups is 1. The quantitative estimate of drug-likeness (QED) is 0.672. The lowest BCUT2D eigenvalue weighted by atomic mass is 10.1. The lowest BCUT2D eigenvalue weighted by Gasteiger charge is -2.01. The van der Waals surface area contributed by atoms with Crippen molar-refractivity contribution in [1.82, 2.24) is 5.43 Å². The molecule has 0 saturated heterocycles. The number of halogens is 1. The largest absolute Gasteiger partial charge is 0.273 e. The summed E-state index contributed by atoms with van der Waals surface area (Å²) in [5.74, 6) is 0.313. The van der Waals surface area contributed by atoms with E-state index in [0.29, 0.717) is 12.3 Å². The third kappa shape index (κ3) is 5.09. The minimum atomic E-state index is -0.0446. The molecule has 0 radical (unpaired) electrons. The first-order valence-electron chi connectivity index (χ1n) is 4.65. The molecule has 0 aliphatic rings.